The Balaban J connectivity index is 1.98. The average Bonchev–Trinajstić information content (AvgIpc) is 2.86. The topological polar surface area (TPSA) is 80.5 Å². The van der Waals surface area contributed by atoms with Crippen molar-refractivity contribution in [2.75, 3.05) is 6.54 Å². The number of thiophene rings is 1. The molecule has 1 aromatic heterocycles. The Morgan fingerprint density at radius 2 is 1.84 bits per heavy atom. The molecule has 134 valence electrons. The summed E-state index contributed by atoms with van der Waals surface area (Å²) in [4.78, 5) is 12.6. The molecule has 3 rings (SSSR count). The smallest absolute Gasteiger partial charge is 0.258 e. The van der Waals surface area contributed by atoms with Gasteiger partial charge in [0, 0.05) is 28.4 Å². The number of rotatable bonds is 4. The summed E-state index contributed by atoms with van der Waals surface area (Å²) in [5.74, 6) is 0. The predicted octanol–water partition coefficient (Wildman–Crippen LogP) is 4.27. The highest BCUT2D eigenvalue weighted by Gasteiger charge is 2.34. The fourth-order valence-corrected chi connectivity index (χ4v) is 5.93. The SMILES string of the molecule is Cc1ccc([C@@H]2CCCCCN2S(=O)(=O)c2ccc([N+](=O)[O-])cc2)s1. The van der Waals surface area contributed by atoms with Crippen molar-refractivity contribution in [2.24, 2.45) is 0 Å². The van der Waals surface area contributed by atoms with Gasteiger partial charge in [0.1, 0.15) is 0 Å². The standard InChI is InChI=1S/C17H20N2O4S2/c1-13-6-11-17(24-13)16-5-3-2-4-12-18(16)25(22,23)15-9-7-14(8-10-15)19(20)21/h6-11,16H,2-5,12H2,1H3/t16-/m0/s1. The van der Waals surface area contributed by atoms with Crippen LogP contribution in [-0.2, 0) is 10.0 Å². The van der Waals surface area contributed by atoms with Crippen LogP contribution < -0.4 is 0 Å². The van der Waals surface area contributed by atoms with Gasteiger partial charge >= 0.3 is 0 Å². The molecule has 0 radical (unpaired) electrons. The van der Waals surface area contributed by atoms with Crippen LogP contribution in [0.1, 0.15) is 41.5 Å². The molecule has 1 aliphatic heterocycles. The first-order chi connectivity index (χ1) is 11.9. The van der Waals surface area contributed by atoms with Crippen LogP contribution >= 0.6 is 11.3 Å². The first-order valence-corrected chi connectivity index (χ1v) is 10.5. The number of nitro benzene ring substituents is 1. The van der Waals surface area contributed by atoms with Crippen LogP contribution in [-0.4, -0.2) is 24.2 Å². The third kappa shape index (κ3) is 3.75. The van der Waals surface area contributed by atoms with Gasteiger partial charge in [-0.2, -0.15) is 4.31 Å². The van der Waals surface area contributed by atoms with Gasteiger partial charge in [-0.25, -0.2) is 8.42 Å². The number of sulfonamides is 1. The first-order valence-electron chi connectivity index (χ1n) is 8.22. The number of aryl methyl sites for hydroxylation is 1. The second kappa shape index (κ2) is 7.23. The minimum absolute atomic E-state index is 0.110. The molecule has 1 saturated heterocycles. The third-order valence-corrected chi connectivity index (χ3v) is 7.47. The summed E-state index contributed by atoms with van der Waals surface area (Å²) in [6.45, 7) is 2.49. The van der Waals surface area contributed by atoms with Crippen LogP contribution in [0.15, 0.2) is 41.3 Å². The zero-order valence-corrected chi connectivity index (χ0v) is 15.6. The van der Waals surface area contributed by atoms with Gasteiger partial charge in [0.2, 0.25) is 10.0 Å². The molecule has 25 heavy (non-hydrogen) atoms. The highest BCUT2D eigenvalue weighted by atomic mass is 32.2. The van der Waals surface area contributed by atoms with E-state index in [1.54, 1.807) is 15.6 Å². The highest BCUT2D eigenvalue weighted by molar-refractivity contribution is 7.89. The molecule has 1 aromatic carbocycles. The molecule has 0 aliphatic carbocycles. The number of non-ortho nitro benzene ring substituents is 1. The summed E-state index contributed by atoms with van der Waals surface area (Å²) in [6.07, 6.45) is 3.63. The first kappa shape index (κ1) is 18.0. The van der Waals surface area contributed by atoms with Crippen molar-refractivity contribution < 1.29 is 13.3 Å². The van der Waals surface area contributed by atoms with E-state index in [0.717, 1.165) is 35.4 Å². The lowest BCUT2D eigenvalue weighted by molar-refractivity contribution is -0.384. The summed E-state index contributed by atoms with van der Waals surface area (Å²) in [5.41, 5.74) is -0.111. The van der Waals surface area contributed by atoms with E-state index in [1.807, 2.05) is 19.1 Å². The second-order valence-electron chi connectivity index (χ2n) is 6.18. The summed E-state index contributed by atoms with van der Waals surface area (Å²) in [6, 6.07) is 9.01. The van der Waals surface area contributed by atoms with Gasteiger partial charge in [0.05, 0.1) is 15.9 Å². The Hall–Kier alpha value is -1.77. The molecule has 1 fully saturated rings. The lowest BCUT2D eigenvalue weighted by Gasteiger charge is -2.28. The number of nitrogens with zero attached hydrogens (tertiary/aromatic N) is 2. The van der Waals surface area contributed by atoms with E-state index in [1.165, 1.54) is 24.3 Å². The van der Waals surface area contributed by atoms with Crippen molar-refractivity contribution in [1.29, 1.82) is 0 Å². The maximum Gasteiger partial charge on any atom is 0.269 e. The van der Waals surface area contributed by atoms with E-state index in [4.69, 9.17) is 0 Å². The molecule has 0 amide bonds. The second-order valence-corrected chi connectivity index (χ2v) is 9.39. The molecule has 2 aromatic rings. The Labute approximate surface area is 151 Å². The molecule has 1 atom stereocenters. The average molecular weight is 380 g/mol. The summed E-state index contributed by atoms with van der Waals surface area (Å²) < 4.78 is 27.9. The van der Waals surface area contributed by atoms with Gasteiger partial charge in [-0.05, 0) is 44.0 Å². The fourth-order valence-electron chi connectivity index (χ4n) is 3.16. The van der Waals surface area contributed by atoms with Gasteiger partial charge in [-0.1, -0.05) is 12.8 Å². The number of nitro groups is 1. The zero-order chi connectivity index (χ0) is 18.0. The van der Waals surface area contributed by atoms with Crippen LogP contribution in [0.2, 0.25) is 0 Å². The van der Waals surface area contributed by atoms with Crippen LogP contribution in [0.25, 0.3) is 0 Å². The fraction of sp³-hybridized carbons (Fsp3) is 0.412. The van der Waals surface area contributed by atoms with Crippen molar-refractivity contribution in [3.63, 3.8) is 0 Å². The van der Waals surface area contributed by atoms with E-state index in [-0.39, 0.29) is 16.6 Å². The van der Waals surface area contributed by atoms with Crippen LogP contribution in [0, 0.1) is 17.0 Å². The molecular formula is C17H20N2O4S2. The van der Waals surface area contributed by atoms with Crippen molar-refractivity contribution >= 4 is 27.0 Å². The molecule has 1 aliphatic rings. The van der Waals surface area contributed by atoms with Crippen molar-refractivity contribution in [3.05, 3.63) is 56.3 Å². The maximum atomic E-state index is 13.2. The van der Waals surface area contributed by atoms with E-state index in [0.29, 0.717) is 6.54 Å². The van der Waals surface area contributed by atoms with Crippen molar-refractivity contribution in [3.8, 4) is 0 Å². The molecule has 0 N–H and O–H groups in total. The van der Waals surface area contributed by atoms with Crippen LogP contribution in [0.3, 0.4) is 0 Å². The lowest BCUT2D eigenvalue weighted by atomic mass is 10.1. The van der Waals surface area contributed by atoms with Gasteiger partial charge in [-0.15, -0.1) is 11.3 Å². The minimum atomic E-state index is -3.70. The lowest BCUT2D eigenvalue weighted by Crippen LogP contribution is -2.34. The molecule has 6 nitrogen and oxygen atoms in total. The van der Waals surface area contributed by atoms with Crippen LogP contribution in [0.5, 0.6) is 0 Å². The predicted molar refractivity (Wildman–Crippen MR) is 97.3 cm³/mol. The summed E-state index contributed by atoms with van der Waals surface area (Å²) in [5, 5.41) is 10.8. The third-order valence-electron chi connectivity index (χ3n) is 4.45. The molecule has 0 bridgehead atoms. The number of benzene rings is 1. The summed E-state index contributed by atoms with van der Waals surface area (Å²) in [7, 11) is -3.70. The van der Waals surface area contributed by atoms with E-state index in [2.05, 4.69) is 0 Å². The molecule has 8 heteroatoms. The molecule has 0 saturated carbocycles. The van der Waals surface area contributed by atoms with Gasteiger partial charge in [-0.3, -0.25) is 10.1 Å². The number of hydrogen-bond acceptors (Lipinski definition) is 5. The van der Waals surface area contributed by atoms with Gasteiger partial charge < -0.3 is 0 Å². The molecule has 0 spiro atoms. The normalized spacial score (nSPS) is 19.5. The van der Waals surface area contributed by atoms with Crippen molar-refractivity contribution in [2.45, 2.75) is 43.5 Å². The minimum Gasteiger partial charge on any atom is -0.258 e. The Bertz CT molecular complexity index is 859. The molecule has 2 heterocycles. The van der Waals surface area contributed by atoms with E-state index >= 15 is 0 Å². The monoisotopic (exact) mass is 380 g/mol. The Kier molecular flexibility index (Phi) is 5.21. The van der Waals surface area contributed by atoms with E-state index in [9.17, 15) is 18.5 Å². The molecule has 0 unspecified atom stereocenters. The van der Waals surface area contributed by atoms with Crippen molar-refractivity contribution in [1.82, 2.24) is 4.31 Å². The maximum absolute atomic E-state index is 13.2. The quantitative estimate of drug-likeness (QED) is 0.586. The van der Waals surface area contributed by atoms with Crippen LogP contribution in [0.4, 0.5) is 5.69 Å². The largest absolute Gasteiger partial charge is 0.269 e. The van der Waals surface area contributed by atoms with E-state index < -0.39 is 14.9 Å². The van der Waals surface area contributed by atoms with Gasteiger partial charge in [0.15, 0.2) is 0 Å². The zero-order valence-electron chi connectivity index (χ0n) is 13.9. The molecular weight excluding hydrogens is 360 g/mol. The Morgan fingerprint density at radius 1 is 1.12 bits per heavy atom. The van der Waals surface area contributed by atoms with Gasteiger partial charge in [0.25, 0.3) is 5.69 Å². The number of hydrogen-bond donors (Lipinski definition) is 0. The summed E-state index contributed by atoms with van der Waals surface area (Å²) >= 11 is 1.63. The highest BCUT2D eigenvalue weighted by Crippen LogP contribution is 2.37. The Morgan fingerprint density at radius 3 is 2.44 bits per heavy atom.